The molecule has 0 radical (unpaired) electrons. The average Bonchev–Trinajstić information content (AvgIpc) is 2.86. The fourth-order valence-corrected chi connectivity index (χ4v) is 4.72. The van der Waals surface area contributed by atoms with Crippen LogP contribution in [0.1, 0.15) is 43.2 Å². The zero-order valence-electron chi connectivity index (χ0n) is 21.4. The molecule has 1 aliphatic heterocycles. The third-order valence-electron chi connectivity index (χ3n) is 6.42. The lowest BCUT2D eigenvalue weighted by Gasteiger charge is -2.31. The summed E-state index contributed by atoms with van der Waals surface area (Å²) < 4.78 is 5.15. The molecule has 2 aromatic rings. The Morgan fingerprint density at radius 2 is 1.62 bits per heavy atom. The van der Waals surface area contributed by atoms with Crippen molar-refractivity contribution in [2.24, 2.45) is 0 Å². The number of benzene rings is 2. The van der Waals surface area contributed by atoms with E-state index in [4.69, 9.17) is 21.4 Å². The molecule has 0 aromatic heterocycles. The SMILES string of the molecule is COCC(=O)N1CCCN(Cc2ccc(Cl)cc2)CCCN(C(=O)CCCC(=O)O)Cc2ccccc21. The summed E-state index contributed by atoms with van der Waals surface area (Å²) in [5.74, 6) is -1.11. The maximum atomic E-state index is 13.1. The van der Waals surface area contributed by atoms with E-state index in [0.717, 1.165) is 49.3 Å². The Hall–Kier alpha value is -2.94. The highest BCUT2D eigenvalue weighted by Gasteiger charge is 2.23. The highest BCUT2D eigenvalue weighted by atomic mass is 35.5. The van der Waals surface area contributed by atoms with E-state index < -0.39 is 5.97 Å². The smallest absolute Gasteiger partial charge is 0.303 e. The van der Waals surface area contributed by atoms with Gasteiger partial charge in [0.1, 0.15) is 6.61 Å². The Bertz CT molecular complexity index is 1050. The molecule has 9 heteroatoms. The standard InChI is InChI=1S/C28H36ClN3O5/c1-37-21-27(34)32-18-6-16-30(19-22-11-13-24(29)14-12-22)15-5-17-31(26(33)9-4-10-28(35)36)20-23-7-2-3-8-25(23)32/h2-3,7-8,11-14H,4-6,9-10,15-21H2,1H3,(H,35,36). The van der Waals surface area contributed by atoms with E-state index in [1.54, 1.807) is 9.80 Å². The number of fused-ring (bicyclic) bond motifs is 1. The van der Waals surface area contributed by atoms with Gasteiger partial charge in [-0.1, -0.05) is 41.9 Å². The third kappa shape index (κ3) is 9.14. The number of rotatable bonds is 8. The van der Waals surface area contributed by atoms with Crippen molar-refractivity contribution in [3.05, 3.63) is 64.7 Å². The molecule has 2 aromatic carbocycles. The first kappa shape index (κ1) is 28.6. The van der Waals surface area contributed by atoms with Gasteiger partial charge in [0.2, 0.25) is 5.91 Å². The van der Waals surface area contributed by atoms with Crippen LogP contribution in [0.15, 0.2) is 48.5 Å². The van der Waals surface area contributed by atoms with Gasteiger partial charge in [0.25, 0.3) is 5.91 Å². The molecular formula is C28H36ClN3O5. The Morgan fingerprint density at radius 1 is 0.919 bits per heavy atom. The monoisotopic (exact) mass is 529 g/mol. The molecular weight excluding hydrogens is 494 g/mol. The van der Waals surface area contributed by atoms with Gasteiger partial charge in [-0.25, -0.2) is 0 Å². The summed E-state index contributed by atoms with van der Waals surface area (Å²) in [6.45, 7) is 3.72. The fraction of sp³-hybridized carbons (Fsp3) is 0.464. The Morgan fingerprint density at radius 3 is 2.32 bits per heavy atom. The third-order valence-corrected chi connectivity index (χ3v) is 6.68. The molecule has 1 heterocycles. The average molecular weight is 530 g/mol. The Labute approximate surface area is 223 Å². The van der Waals surface area contributed by atoms with Crippen molar-refractivity contribution in [1.29, 1.82) is 0 Å². The second-order valence-corrected chi connectivity index (χ2v) is 9.72. The van der Waals surface area contributed by atoms with E-state index in [9.17, 15) is 14.4 Å². The first-order valence-electron chi connectivity index (χ1n) is 12.7. The largest absolute Gasteiger partial charge is 0.481 e. The van der Waals surface area contributed by atoms with Crippen LogP contribution in [0.25, 0.3) is 0 Å². The number of hydrogen-bond donors (Lipinski definition) is 1. The summed E-state index contributed by atoms with van der Waals surface area (Å²) in [6.07, 6.45) is 2.01. The van der Waals surface area contributed by atoms with E-state index in [2.05, 4.69) is 4.90 Å². The van der Waals surface area contributed by atoms with Crippen molar-refractivity contribution in [3.8, 4) is 0 Å². The van der Waals surface area contributed by atoms with Crippen LogP contribution in [-0.4, -0.2) is 72.6 Å². The molecule has 200 valence electrons. The molecule has 0 spiro atoms. The Kier molecular flexibility index (Phi) is 11.4. The topological polar surface area (TPSA) is 90.4 Å². The predicted octanol–water partition coefficient (Wildman–Crippen LogP) is 4.20. The van der Waals surface area contributed by atoms with Gasteiger partial charge in [-0.3, -0.25) is 19.3 Å². The van der Waals surface area contributed by atoms with Gasteiger partial charge in [-0.15, -0.1) is 0 Å². The predicted molar refractivity (Wildman–Crippen MR) is 144 cm³/mol. The van der Waals surface area contributed by atoms with Crippen molar-refractivity contribution in [2.45, 2.75) is 45.2 Å². The number of ether oxygens (including phenoxy) is 1. The lowest BCUT2D eigenvalue weighted by atomic mass is 10.1. The number of anilines is 1. The summed E-state index contributed by atoms with van der Waals surface area (Å²) >= 11 is 6.06. The van der Waals surface area contributed by atoms with Gasteiger partial charge in [-0.05, 0) is 48.6 Å². The molecule has 0 fully saturated rings. The molecule has 8 nitrogen and oxygen atoms in total. The summed E-state index contributed by atoms with van der Waals surface area (Å²) in [5, 5.41) is 9.68. The zero-order chi connectivity index (χ0) is 26.6. The quantitative estimate of drug-likeness (QED) is 0.551. The van der Waals surface area contributed by atoms with E-state index in [1.165, 1.54) is 7.11 Å². The second kappa shape index (κ2) is 14.7. The van der Waals surface area contributed by atoms with Crippen molar-refractivity contribution in [1.82, 2.24) is 9.80 Å². The normalized spacial score (nSPS) is 15.4. The molecule has 0 atom stereocenters. The first-order valence-corrected chi connectivity index (χ1v) is 13.1. The molecule has 1 aliphatic rings. The highest BCUT2D eigenvalue weighted by Crippen LogP contribution is 2.24. The summed E-state index contributed by atoms with van der Waals surface area (Å²) in [4.78, 5) is 43.0. The maximum absolute atomic E-state index is 13.1. The van der Waals surface area contributed by atoms with Gasteiger partial charge in [0.05, 0.1) is 0 Å². The van der Waals surface area contributed by atoms with E-state index >= 15 is 0 Å². The molecule has 0 saturated heterocycles. The molecule has 0 bridgehead atoms. The lowest BCUT2D eigenvalue weighted by molar-refractivity contribution is -0.137. The molecule has 3 rings (SSSR count). The van der Waals surface area contributed by atoms with Crippen molar-refractivity contribution < 1.29 is 24.2 Å². The zero-order valence-corrected chi connectivity index (χ0v) is 22.2. The van der Waals surface area contributed by atoms with Crippen LogP contribution in [-0.2, 0) is 32.2 Å². The number of carboxylic acids is 1. The van der Waals surface area contributed by atoms with Crippen LogP contribution in [0, 0.1) is 0 Å². The lowest BCUT2D eigenvalue weighted by Crippen LogP contribution is -2.40. The number of carboxylic acid groups (broad SMARTS) is 1. The van der Waals surface area contributed by atoms with Crippen molar-refractivity contribution in [3.63, 3.8) is 0 Å². The number of hydrogen-bond acceptors (Lipinski definition) is 5. The van der Waals surface area contributed by atoms with Gasteiger partial charge in [-0.2, -0.15) is 0 Å². The van der Waals surface area contributed by atoms with E-state index in [-0.39, 0.29) is 31.3 Å². The molecule has 0 unspecified atom stereocenters. The minimum absolute atomic E-state index is 0.0271. The summed E-state index contributed by atoms with van der Waals surface area (Å²) in [6, 6.07) is 15.4. The van der Waals surface area contributed by atoms with Crippen LogP contribution in [0.5, 0.6) is 0 Å². The van der Waals surface area contributed by atoms with Crippen LogP contribution in [0.3, 0.4) is 0 Å². The van der Waals surface area contributed by atoms with Gasteiger partial charge in [0.15, 0.2) is 0 Å². The van der Waals surface area contributed by atoms with Crippen LogP contribution in [0.2, 0.25) is 5.02 Å². The number of aliphatic carboxylic acids is 1. The Balaban J connectivity index is 1.85. The molecule has 0 aliphatic carbocycles. The number of methoxy groups -OCH3 is 1. The number of halogens is 1. The number of para-hydroxylation sites is 1. The minimum Gasteiger partial charge on any atom is -0.481 e. The number of carbonyl (C=O) groups is 3. The number of amides is 2. The van der Waals surface area contributed by atoms with E-state index in [0.29, 0.717) is 31.1 Å². The second-order valence-electron chi connectivity index (χ2n) is 9.28. The first-order chi connectivity index (χ1) is 17.9. The van der Waals surface area contributed by atoms with Crippen molar-refractivity contribution in [2.75, 3.05) is 44.8 Å². The van der Waals surface area contributed by atoms with Crippen LogP contribution in [0.4, 0.5) is 5.69 Å². The summed E-state index contributed by atoms with van der Waals surface area (Å²) in [7, 11) is 1.51. The van der Waals surface area contributed by atoms with Crippen LogP contribution >= 0.6 is 11.6 Å². The number of nitrogens with zero attached hydrogens (tertiary/aromatic N) is 3. The van der Waals surface area contributed by atoms with Gasteiger partial charge in [0, 0.05) is 69.9 Å². The minimum atomic E-state index is -0.906. The molecule has 37 heavy (non-hydrogen) atoms. The van der Waals surface area contributed by atoms with Crippen molar-refractivity contribution >= 4 is 35.1 Å². The van der Waals surface area contributed by atoms with E-state index in [1.807, 2.05) is 48.5 Å². The molecule has 2 amide bonds. The van der Waals surface area contributed by atoms with Gasteiger partial charge < -0.3 is 19.6 Å². The highest BCUT2D eigenvalue weighted by molar-refractivity contribution is 6.30. The molecule has 0 saturated carbocycles. The maximum Gasteiger partial charge on any atom is 0.303 e. The van der Waals surface area contributed by atoms with Crippen LogP contribution < -0.4 is 4.90 Å². The number of carbonyl (C=O) groups excluding carboxylic acids is 2. The molecule has 1 N–H and O–H groups in total. The summed E-state index contributed by atoms with van der Waals surface area (Å²) in [5.41, 5.74) is 2.81. The van der Waals surface area contributed by atoms with Gasteiger partial charge >= 0.3 is 5.97 Å². The fourth-order valence-electron chi connectivity index (χ4n) is 4.59.